The third kappa shape index (κ3) is 4.32. The SMILES string of the molecule is COCCNC(=O)c1ccc2c(c1)N(Cc1ccc(F)cc1)C(=O)c1ccccc1[S@@]2=O. The van der Waals surface area contributed by atoms with Crippen molar-refractivity contribution in [2.45, 2.75) is 16.3 Å². The summed E-state index contributed by atoms with van der Waals surface area (Å²) in [5.41, 5.74) is 1.74. The fraction of sp³-hybridized carbons (Fsp3) is 0.167. The average molecular weight is 453 g/mol. The van der Waals surface area contributed by atoms with Gasteiger partial charge in [0.25, 0.3) is 11.8 Å². The Hall–Kier alpha value is -3.36. The molecule has 0 radical (unpaired) electrons. The van der Waals surface area contributed by atoms with E-state index in [2.05, 4.69) is 5.32 Å². The number of nitrogens with zero attached hydrogens (tertiary/aromatic N) is 1. The number of ether oxygens (including phenoxy) is 1. The molecule has 3 aromatic rings. The summed E-state index contributed by atoms with van der Waals surface area (Å²) in [4.78, 5) is 28.4. The van der Waals surface area contributed by atoms with Crippen LogP contribution in [0.2, 0.25) is 0 Å². The predicted molar refractivity (Wildman–Crippen MR) is 119 cm³/mol. The molecule has 4 rings (SSSR count). The van der Waals surface area contributed by atoms with Gasteiger partial charge in [0.05, 0.1) is 45.0 Å². The molecule has 1 atom stereocenters. The first-order chi connectivity index (χ1) is 15.5. The van der Waals surface area contributed by atoms with Crippen molar-refractivity contribution < 1.29 is 22.9 Å². The Morgan fingerprint density at radius 1 is 1.06 bits per heavy atom. The Bertz CT molecular complexity index is 1200. The number of nitrogens with one attached hydrogen (secondary N) is 1. The van der Waals surface area contributed by atoms with Gasteiger partial charge in [-0.25, -0.2) is 8.60 Å². The van der Waals surface area contributed by atoms with E-state index in [-0.39, 0.29) is 24.2 Å². The number of carbonyl (C=O) groups excluding carboxylic acids is 2. The zero-order chi connectivity index (χ0) is 22.7. The number of methoxy groups -OCH3 is 1. The maximum atomic E-state index is 13.5. The molecule has 0 aliphatic carbocycles. The molecule has 3 aromatic carbocycles. The molecular weight excluding hydrogens is 431 g/mol. The number of anilines is 1. The molecule has 0 bridgehead atoms. The highest BCUT2D eigenvalue weighted by Gasteiger charge is 2.31. The monoisotopic (exact) mass is 452 g/mol. The number of halogens is 1. The second kappa shape index (κ2) is 9.42. The zero-order valence-corrected chi connectivity index (χ0v) is 18.2. The molecule has 0 saturated heterocycles. The molecule has 6 nitrogen and oxygen atoms in total. The van der Waals surface area contributed by atoms with Crippen molar-refractivity contribution in [2.75, 3.05) is 25.2 Å². The van der Waals surface area contributed by atoms with Gasteiger partial charge in [-0.15, -0.1) is 0 Å². The number of hydrogen-bond donors (Lipinski definition) is 1. The van der Waals surface area contributed by atoms with Gasteiger partial charge in [-0.3, -0.25) is 9.59 Å². The molecule has 0 saturated carbocycles. The van der Waals surface area contributed by atoms with E-state index in [9.17, 15) is 18.2 Å². The van der Waals surface area contributed by atoms with Crippen LogP contribution in [0.5, 0.6) is 0 Å². The van der Waals surface area contributed by atoms with Crippen LogP contribution in [0.25, 0.3) is 0 Å². The Balaban J connectivity index is 1.80. The van der Waals surface area contributed by atoms with E-state index >= 15 is 0 Å². The van der Waals surface area contributed by atoms with Gasteiger partial charge >= 0.3 is 0 Å². The maximum Gasteiger partial charge on any atom is 0.259 e. The van der Waals surface area contributed by atoms with E-state index in [0.29, 0.717) is 45.3 Å². The minimum atomic E-state index is -1.61. The standard InChI is InChI=1S/C24H21FN2O4S/c1-31-13-12-26-23(28)17-8-11-22-20(14-17)27(15-16-6-9-18(25)10-7-16)24(29)19-4-2-3-5-21(19)32(22)30/h2-11,14H,12-13,15H2,1H3,(H,26,28)/t32-/m0/s1. The van der Waals surface area contributed by atoms with Crippen LogP contribution in [0.1, 0.15) is 26.3 Å². The van der Waals surface area contributed by atoms with Gasteiger partial charge in [0.15, 0.2) is 0 Å². The number of fused-ring (bicyclic) bond motifs is 2. The number of carbonyl (C=O) groups is 2. The van der Waals surface area contributed by atoms with Crippen molar-refractivity contribution in [1.29, 1.82) is 0 Å². The first-order valence-electron chi connectivity index (χ1n) is 9.98. The lowest BCUT2D eigenvalue weighted by molar-refractivity contribution is 0.0934. The summed E-state index contributed by atoms with van der Waals surface area (Å²) in [6.45, 7) is 0.833. The van der Waals surface area contributed by atoms with E-state index < -0.39 is 10.8 Å². The third-order valence-electron chi connectivity index (χ3n) is 5.12. The van der Waals surface area contributed by atoms with Gasteiger partial charge in [-0.1, -0.05) is 24.3 Å². The molecule has 0 fully saturated rings. The van der Waals surface area contributed by atoms with Crippen LogP contribution in [-0.2, 0) is 22.1 Å². The fourth-order valence-corrected chi connectivity index (χ4v) is 4.85. The zero-order valence-electron chi connectivity index (χ0n) is 17.3. The maximum absolute atomic E-state index is 13.5. The molecule has 1 N–H and O–H groups in total. The van der Waals surface area contributed by atoms with Crippen LogP contribution < -0.4 is 10.2 Å². The van der Waals surface area contributed by atoms with Crippen molar-refractivity contribution >= 4 is 28.3 Å². The average Bonchev–Trinajstić information content (AvgIpc) is 2.90. The lowest BCUT2D eigenvalue weighted by atomic mass is 10.1. The van der Waals surface area contributed by atoms with Gasteiger partial charge in [-0.2, -0.15) is 0 Å². The Morgan fingerprint density at radius 3 is 2.56 bits per heavy atom. The number of hydrogen-bond acceptors (Lipinski definition) is 4. The van der Waals surface area contributed by atoms with Crippen LogP contribution in [0.15, 0.2) is 76.5 Å². The summed E-state index contributed by atoms with van der Waals surface area (Å²) in [7, 11) is -0.0708. The summed E-state index contributed by atoms with van der Waals surface area (Å²) in [6, 6.07) is 17.4. The van der Waals surface area contributed by atoms with E-state index in [1.54, 1.807) is 61.7 Å². The number of benzene rings is 3. The van der Waals surface area contributed by atoms with Gasteiger partial charge in [-0.05, 0) is 48.0 Å². The summed E-state index contributed by atoms with van der Waals surface area (Å²) >= 11 is 0. The van der Waals surface area contributed by atoms with E-state index in [1.807, 2.05) is 0 Å². The van der Waals surface area contributed by atoms with Crippen LogP contribution >= 0.6 is 0 Å². The van der Waals surface area contributed by atoms with Crippen molar-refractivity contribution in [2.24, 2.45) is 0 Å². The molecule has 0 unspecified atom stereocenters. The van der Waals surface area contributed by atoms with Crippen LogP contribution in [0.4, 0.5) is 10.1 Å². The Labute approximate surface area is 187 Å². The molecule has 0 aromatic heterocycles. The number of rotatable bonds is 6. The number of amides is 2. The molecule has 32 heavy (non-hydrogen) atoms. The summed E-state index contributed by atoms with van der Waals surface area (Å²) in [5.74, 6) is -1.04. The minimum Gasteiger partial charge on any atom is -0.383 e. The van der Waals surface area contributed by atoms with Crippen LogP contribution in [0.3, 0.4) is 0 Å². The third-order valence-corrected chi connectivity index (χ3v) is 6.62. The van der Waals surface area contributed by atoms with Crippen molar-refractivity contribution in [3.63, 3.8) is 0 Å². The van der Waals surface area contributed by atoms with Gasteiger partial charge in [0.1, 0.15) is 5.82 Å². The Kier molecular flexibility index (Phi) is 6.43. The van der Waals surface area contributed by atoms with E-state index in [4.69, 9.17) is 4.74 Å². The molecule has 2 amide bonds. The smallest absolute Gasteiger partial charge is 0.259 e. The van der Waals surface area contributed by atoms with Gasteiger partial charge in [0.2, 0.25) is 0 Å². The topological polar surface area (TPSA) is 75.7 Å². The van der Waals surface area contributed by atoms with Crippen LogP contribution in [0, 0.1) is 5.82 Å². The summed E-state index contributed by atoms with van der Waals surface area (Å²) < 4.78 is 31.7. The molecule has 164 valence electrons. The molecule has 0 spiro atoms. The molecule has 1 heterocycles. The molecular formula is C24H21FN2O4S. The van der Waals surface area contributed by atoms with Gasteiger partial charge < -0.3 is 15.0 Å². The minimum absolute atomic E-state index is 0.131. The summed E-state index contributed by atoms with van der Waals surface area (Å²) in [6.07, 6.45) is 0. The lowest BCUT2D eigenvalue weighted by Crippen LogP contribution is -2.31. The highest BCUT2D eigenvalue weighted by atomic mass is 32.2. The normalized spacial score (nSPS) is 15.0. The highest BCUT2D eigenvalue weighted by molar-refractivity contribution is 7.85. The first kappa shape index (κ1) is 21.9. The van der Waals surface area contributed by atoms with E-state index in [1.165, 1.54) is 17.0 Å². The molecule has 1 aliphatic rings. The quantitative estimate of drug-likeness (QED) is 0.581. The first-order valence-corrected chi connectivity index (χ1v) is 11.1. The van der Waals surface area contributed by atoms with Gasteiger partial charge in [0, 0.05) is 19.2 Å². The van der Waals surface area contributed by atoms with Crippen molar-refractivity contribution in [1.82, 2.24) is 5.32 Å². The Morgan fingerprint density at radius 2 is 1.81 bits per heavy atom. The highest BCUT2D eigenvalue weighted by Crippen LogP contribution is 2.36. The lowest BCUT2D eigenvalue weighted by Gasteiger charge is -2.23. The fourth-order valence-electron chi connectivity index (χ4n) is 3.50. The van der Waals surface area contributed by atoms with E-state index in [0.717, 1.165) is 0 Å². The van der Waals surface area contributed by atoms with Crippen LogP contribution in [-0.4, -0.2) is 36.3 Å². The predicted octanol–water partition coefficient (Wildman–Crippen LogP) is 3.53. The summed E-state index contributed by atoms with van der Waals surface area (Å²) in [5, 5.41) is 2.75. The second-order valence-corrected chi connectivity index (χ2v) is 8.63. The molecule has 8 heteroatoms. The molecule has 1 aliphatic heterocycles. The largest absolute Gasteiger partial charge is 0.383 e. The van der Waals surface area contributed by atoms with Crippen molar-refractivity contribution in [3.05, 3.63) is 89.2 Å². The second-order valence-electron chi connectivity index (χ2n) is 7.21. The van der Waals surface area contributed by atoms with Crippen molar-refractivity contribution in [3.8, 4) is 0 Å².